The predicted octanol–water partition coefficient (Wildman–Crippen LogP) is 3.13. The highest BCUT2D eigenvalue weighted by Gasteiger charge is 2.18. The second-order valence-electron chi connectivity index (χ2n) is 7.09. The fourth-order valence-electron chi connectivity index (χ4n) is 3.30. The maximum atomic E-state index is 12.8. The highest BCUT2D eigenvalue weighted by molar-refractivity contribution is 6.05. The van der Waals surface area contributed by atoms with Crippen molar-refractivity contribution in [2.45, 2.75) is 0 Å². The molecule has 2 aromatic carbocycles. The summed E-state index contributed by atoms with van der Waals surface area (Å²) in [4.78, 5) is 28.5. The fourth-order valence-corrected chi connectivity index (χ4v) is 3.30. The summed E-state index contributed by atoms with van der Waals surface area (Å²) < 4.78 is 17.9. The van der Waals surface area contributed by atoms with Gasteiger partial charge in [-0.25, -0.2) is 4.98 Å². The van der Waals surface area contributed by atoms with E-state index in [0.29, 0.717) is 11.3 Å². The third-order valence-electron chi connectivity index (χ3n) is 4.88. The highest BCUT2D eigenvalue weighted by Crippen LogP contribution is 2.38. The van der Waals surface area contributed by atoms with Gasteiger partial charge in [0.25, 0.3) is 11.8 Å². The maximum absolute atomic E-state index is 12.8. The standard InChI is InChI=1S/C24H22N4O5/c1-31-19-11-16(12-20(32-2)23(19)33-14-21(25)29)24(30)26-17-8-6-15(7-9-17)18-13-28-10-4-3-5-22(28)27-18/h3-13H,14H2,1-2H3,(H2,25,29)(H,26,30). The van der Waals surface area contributed by atoms with Crippen LogP contribution in [-0.2, 0) is 4.79 Å². The number of hydrogen-bond donors (Lipinski definition) is 2. The van der Waals surface area contributed by atoms with Gasteiger partial charge in [-0.05, 0) is 36.4 Å². The number of imidazole rings is 1. The summed E-state index contributed by atoms with van der Waals surface area (Å²) in [6, 6.07) is 16.2. The number of pyridine rings is 1. The van der Waals surface area contributed by atoms with E-state index in [4.69, 9.17) is 19.9 Å². The number of amides is 2. The third-order valence-corrected chi connectivity index (χ3v) is 4.88. The molecule has 0 aliphatic carbocycles. The molecule has 2 heterocycles. The van der Waals surface area contributed by atoms with E-state index in [1.165, 1.54) is 26.4 Å². The number of benzene rings is 2. The van der Waals surface area contributed by atoms with E-state index >= 15 is 0 Å². The van der Waals surface area contributed by atoms with Crippen LogP contribution in [0.2, 0.25) is 0 Å². The van der Waals surface area contributed by atoms with Crippen LogP contribution in [-0.4, -0.2) is 42.0 Å². The lowest BCUT2D eigenvalue weighted by atomic mass is 10.1. The number of nitrogens with zero attached hydrogens (tertiary/aromatic N) is 2. The molecule has 0 fully saturated rings. The number of carbonyl (C=O) groups excluding carboxylic acids is 2. The Labute approximate surface area is 189 Å². The summed E-state index contributed by atoms with van der Waals surface area (Å²) in [6.07, 6.45) is 3.89. The van der Waals surface area contributed by atoms with E-state index in [1.54, 1.807) is 12.1 Å². The minimum Gasteiger partial charge on any atom is -0.493 e. The SMILES string of the molecule is COc1cc(C(=O)Nc2ccc(-c3cn4ccccc4n3)cc2)cc(OC)c1OCC(N)=O. The number of carbonyl (C=O) groups is 2. The van der Waals surface area contributed by atoms with Crippen LogP contribution >= 0.6 is 0 Å². The van der Waals surface area contributed by atoms with Gasteiger partial charge in [0.15, 0.2) is 18.1 Å². The van der Waals surface area contributed by atoms with Gasteiger partial charge < -0.3 is 29.7 Å². The van der Waals surface area contributed by atoms with Gasteiger partial charge >= 0.3 is 0 Å². The minimum atomic E-state index is -0.645. The van der Waals surface area contributed by atoms with Crippen molar-refractivity contribution in [3.8, 4) is 28.5 Å². The monoisotopic (exact) mass is 446 g/mol. The molecule has 0 saturated heterocycles. The van der Waals surface area contributed by atoms with Crippen molar-refractivity contribution >= 4 is 23.1 Å². The summed E-state index contributed by atoms with van der Waals surface area (Å²) in [7, 11) is 2.84. The zero-order valence-corrected chi connectivity index (χ0v) is 18.1. The lowest BCUT2D eigenvalue weighted by molar-refractivity contribution is -0.120. The van der Waals surface area contributed by atoms with Crippen LogP contribution in [0.3, 0.4) is 0 Å². The summed E-state index contributed by atoms with van der Waals surface area (Å²) in [6.45, 7) is -0.350. The van der Waals surface area contributed by atoms with Crippen LogP contribution in [0, 0.1) is 0 Å². The molecule has 2 amide bonds. The number of nitrogens with one attached hydrogen (secondary N) is 1. The number of anilines is 1. The molecule has 4 aromatic rings. The molecule has 0 radical (unpaired) electrons. The summed E-state index contributed by atoms with van der Waals surface area (Å²) >= 11 is 0. The quantitative estimate of drug-likeness (QED) is 0.429. The maximum Gasteiger partial charge on any atom is 0.255 e. The van der Waals surface area contributed by atoms with E-state index in [0.717, 1.165) is 16.9 Å². The normalized spacial score (nSPS) is 10.6. The molecule has 33 heavy (non-hydrogen) atoms. The first-order valence-electron chi connectivity index (χ1n) is 10.0. The number of nitrogens with two attached hydrogens (primary N) is 1. The van der Waals surface area contributed by atoms with E-state index < -0.39 is 5.91 Å². The average Bonchev–Trinajstić information content (AvgIpc) is 3.26. The second-order valence-corrected chi connectivity index (χ2v) is 7.09. The molecule has 4 rings (SSSR count). The summed E-state index contributed by atoms with van der Waals surface area (Å²) in [5.41, 5.74) is 8.66. The van der Waals surface area contributed by atoms with Gasteiger partial charge in [0.05, 0.1) is 19.9 Å². The first kappa shape index (κ1) is 21.7. The Balaban J connectivity index is 1.53. The van der Waals surface area contributed by atoms with Crippen molar-refractivity contribution in [2.24, 2.45) is 5.73 Å². The zero-order chi connectivity index (χ0) is 23.4. The number of ether oxygens (including phenoxy) is 3. The minimum absolute atomic E-state index is 0.187. The van der Waals surface area contributed by atoms with Crippen LogP contribution in [0.15, 0.2) is 67.0 Å². The highest BCUT2D eigenvalue weighted by atomic mass is 16.5. The molecule has 0 spiro atoms. The fraction of sp³-hybridized carbons (Fsp3) is 0.125. The molecular weight excluding hydrogens is 424 g/mol. The van der Waals surface area contributed by atoms with E-state index in [1.807, 2.05) is 47.1 Å². The van der Waals surface area contributed by atoms with Gasteiger partial charge in [-0.1, -0.05) is 18.2 Å². The van der Waals surface area contributed by atoms with E-state index in [2.05, 4.69) is 10.3 Å². The molecule has 9 nitrogen and oxygen atoms in total. The lowest BCUT2D eigenvalue weighted by Gasteiger charge is -2.15. The third kappa shape index (κ3) is 4.72. The molecule has 168 valence electrons. The van der Waals surface area contributed by atoms with Crippen molar-refractivity contribution in [1.29, 1.82) is 0 Å². The Bertz CT molecular complexity index is 1260. The van der Waals surface area contributed by atoms with Crippen LogP contribution in [0.25, 0.3) is 16.9 Å². The van der Waals surface area contributed by atoms with Gasteiger partial charge in [0.2, 0.25) is 5.75 Å². The van der Waals surface area contributed by atoms with Crippen molar-refractivity contribution in [1.82, 2.24) is 9.38 Å². The van der Waals surface area contributed by atoms with Crippen molar-refractivity contribution in [2.75, 3.05) is 26.1 Å². The van der Waals surface area contributed by atoms with Crippen LogP contribution in [0.1, 0.15) is 10.4 Å². The Morgan fingerprint density at radius 3 is 2.33 bits per heavy atom. The number of aromatic nitrogens is 2. The van der Waals surface area contributed by atoms with Crippen molar-refractivity contribution in [3.63, 3.8) is 0 Å². The number of hydrogen-bond acceptors (Lipinski definition) is 6. The molecule has 0 aliphatic heterocycles. The number of methoxy groups -OCH3 is 2. The van der Waals surface area contributed by atoms with E-state index in [9.17, 15) is 9.59 Å². The summed E-state index contributed by atoms with van der Waals surface area (Å²) in [5, 5.41) is 2.85. The van der Waals surface area contributed by atoms with E-state index in [-0.39, 0.29) is 29.8 Å². The Kier molecular flexibility index (Phi) is 6.12. The topological polar surface area (TPSA) is 117 Å². The van der Waals surface area contributed by atoms with Crippen molar-refractivity contribution < 1.29 is 23.8 Å². The molecule has 9 heteroatoms. The zero-order valence-electron chi connectivity index (χ0n) is 18.1. The van der Waals surface area contributed by atoms with Gasteiger partial charge in [0.1, 0.15) is 5.65 Å². The van der Waals surface area contributed by atoms with Gasteiger partial charge in [-0.15, -0.1) is 0 Å². The second kappa shape index (κ2) is 9.31. The molecule has 0 unspecified atom stereocenters. The number of fused-ring (bicyclic) bond motifs is 1. The average molecular weight is 446 g/mol. The Morgan fingerprint density at radius 1 is 1.03 bits per heavy atom. The van der Waals surface area contributed by atoms with Gasteiger partial charge in [0, 0.05) is 29.2 Å². The molecule has 0 bridgehead atoms. The van der Waals surface area contributed by atoms with Crippen LogP contribution in [0.4, 0.5) is 5.69 Å². The molecule has 0 atom stereocenters. The first-order chi connectivity index (χ1) is 16.0. The van der Waals surface area contributed by atoms with Crippen LogP contribution < -0.4 is 25.3 Å². The molecule has 0 saturated carbocycles. The summed E-state index contributed by atoms with van der Waals surface area (Å²) in [5.74, 6) is -0.348. The Morgan fingerprint density at radius 2 is 1.73 bits per heavy atom. The molecule has 2 aromatic heterocycles. The predicted molar refractivity (Wildman–Crippen MR) is 123 cm³/mol. The number of rotatable bonds is 8. The molecular formula is C24H22N4O5. The lowest BCUT2D eigenvalue weighted by Crippen LogP contribution is -2.20. The van der Waals surface area contributed by atoms with Crippen LogP contribution in [0.5, 0.6) is 17.2 Å². The Hall–Kier alpha value is -4.53. The molecule has 3 N–H and O–H groups in total. The smallest absolute Gasteiger partial charge is 0.255 e. The number of primary amides is 1. The molecule has 0 aliphatic rings. The first-order valence-corrected chi connectivity index (χ1v) is 10.0. The largest absolute Gasteiger partial charge is 0.493 e. The van der Waals surface area contributed by atoms with Gasteiger partial charge in [-0.2, -0.15) is 0 Å². The van der Waals surface area contributed by atoms with Crippen molar-refractivity contribution in [3.05, 3.63) is 72.6 Å². The van der Waals surface area contributed by atoms with Gasteiger partial charge in [-0.3, -0.25) is 9.59 Å².